The van der Waals surface area contributed by atoms with E-state index in [4.69, 9.17) is 0 Å². The maximum Gasteiger partial charge on any atom is 0.246 e. The van der Waals surface area contributed by atoms with E-state index in [1.807, 2.05) is 48.0 Å². The SMILES string of the molecule is Cc1ccccc1N1Cc2c(NC3CCCCCC3)ncnc2N(C)CC1=O. The molecule has 1 aliphatic heterocycles. The van der Waals surface area contributed by atoms with Gasteiger partial charge in [-0.15, -0.1) is 0 Å². The first kappa shape index (κ1) is 18.7. The zero-order valence-electron chi connectivity index (χ0n) is 16.8. The lowest BCUT2D eigenvalue weighted by Crippen LogP contribution is -2.36. The van der Waals surface area contributed by atoms with E-state index in [0.717, 1.165) is 28.5 Å². The molecule has 2 aromatic rings. The number of rotatable bonds is 3. The Morgan fingerprint density at radius 3 is 2.54 bits per heavy atom. The predicted molar refractivity (Wildman–Crippen MR) is 113 cm³/mol. The van der Waals surface area contributed by atoms with Crippen LogP contribution in [0.5, 0.6) is 0 Å². The van der Waals surface area contributed by atoms with Gasteiger partial charge in [0.25, 0.3) is 0 Å². The quantitative estimate of drug-likeness (QED) is 0.820. The van der Waals surface area contributed by atoms with Crippen molar-refractivity contribution in [1.29, 1.82) is 0 Å². The Bertz CT molecular complexity index is 845. The molecule has 1 N–H and O–H groups in total. The number of fused-ring (bicyclic) bond motifs is 1. The van der Waals surface area contributed by atoms with Gasteiger partial charge in [-0.2, -0.15) is 0 Å². The van der Waals surface area contributed by atoms with Crippen LogP contribution in [0.3, 0.4) is 0 Å². The molecular weight excluding hydrogens is 350 g/mol. The van der Waals surface area contributed by atoms with Gasteiger partial charge in [-0.25, -0.2) is 9.97 Å². The molecule has 148 valence electrons. The molecule has 2 heterocycles. The summed E-state index contributed by atoms with van der Waals surface area (Å²) in [5, 5.41) is 3.68. The highest BCUT2D eigenvalue weighted by Gasteiger charge is 2.29. The first-order valence-electron chi connectivity index (χ1n) is 10.3. The molecule has 28 heavy (non-hydrogen) atoms. The average Bonchev–Trinajstić information content (AvgIpc) is 3.01. The molecular formula is C22H29N5O. The normalized spacial score (nSPS) is 18.4. The Hall–Kier alpha value is -2.63. The molecule has 6 heteroatoms. The number of anilines is 3. The molecule has 0 spiro atoms. The van der Waals surface area contributed by atoms with Crippen molar-refractivity contribution in [2.45, 2.75) is 58.0 Å². The number of carbonyl (C=O) groups excluding carboxylic acids is 1. The first-order chi connectivity index (χ1) is 13.6. The molecule has 0 atom stereocenters. The van der Waals surface area contributed by atoms with E-state index in [-0.39, 0.29) is 5.91 Å². The summed E-state index contributed by atoms with van der Waals surface area (Å²) in [7, 11) is 1.93. The van der Waals surface area contributed by atoms with Crippen molar-refractivity contribution in [3.8, 4) is 0 Å². The summed E-state index contributed by atoms with van der Waals surface area (Å²) in [5.41, 5.74) is 3.05. The molecule has 0 unspecified atom stereocenters. The molecule has 1 aromatic heterocycles. The molecule has 0 bridgehead atoms. The lowest BCUT2D eigenvalue weighted by Gasteiger charge is -2.24. The topological polar surface area (TPSA) is 61.4 Å². The highest BCUT2D eigenvalue weighted by Crippen LogP contribution is 2.32. The van der Waals surface area contributed by atoms with E-state index in [1.54, 1.807) is 6.33 Å². The minimum absolute atomic E-state index is 0.0789. The highest BCUT2D eigenvalue weighted by molar-refractivity contribution is 5.98. The predicted octanol–water partition coefficient (Wildman–Crippen LogP) is 3.90. The molecule has 1 amide bonds. The largest absolute Gasteiger partial charge is 0.367 e. The summed E-state index contributed by atoms with van der Waals surface area (Å²) in [5.74, 6) is 1.79. The molecule has 4 rings (SSSR count). The number of nitrogens with one attached hydrogen (secondary N) is 1. The molecule has 2 aliphatic rings. The minimum atomic E-state index is 0.0789. The third kappa shape index (κ3) is 3.81. The third-order valence-corrected chi connectivity index (χ3v) is 5.88. The Morgan fingerprint density at radius 2 is 1.79 bits per heavy atom. The second-order valence-electron chi connectivity index (χ2n) is 7.98. The number of aromatic nitrogens is 2. The van der Waals surface area contributed by atoms with Gasteiger partial charge < -0.3 is 15.1 Å². The van der Waals surface area contributed by atoms with Crippen molar-refractivity contribution in [2.24, 2.45) is 0 Å². The van der Waals surface area contributed by atoms with Crippen molar-refractivity contribution in [1.82, 2.24) is 9.97 Å². The van der Waals surface area contributed by atoms with Crippen LogP contribution in [0.4, 0.5) is 17.3 Å². The van der Waals surface area contributed by atoms with Crippen LogP contribution in [0.25, 0.3) is 0 Å². The van der Waals surface area contributed by atoms with Crippen LogP contribution >= 0.6 is 0 Å². The minimum Gasteiger partial charge on any atom is -0.367 e. The summed E-state index contributed by atoms with van der Waals surface area (Å²) in [4.78, 5) is 25.9. The van der Waals surface area contributed by atoms with E-state index in [2.05, 4.69) is 15.3 Å². The first-order valence-corrected chi connectivity index (χ1v) is 10.3. The number of hydrogen-bond acceptors (Lipinski definition) is 5. The van der Waals surface area contributed by atoms with Crippen LogP contribution in [0.15, 0.2) is 30.6 Å². The van der Waals surface area contributed by atoms with E-state index >= 15 is 0 Å². The average molecular weight is 380 g/mol. The van der Waals surface area contributed by atoms with Crippen LogP contribution in [0, 0.1) is 6.92 Å². The van der Waals surface area contributed by atoms with Crippen LogP contribution in [0.1, 0.15) is 49.7 Å². The molecule has 6 nitrogen and oxygen atoms in total. The molecule has 1 aliphatic carbocycles. The number of nitrogens with zero attached hydrogens (tertiary/aromatic N) is 4. The molecule has 1 saturated carbocycles. The number of likely N-dealkylation sites (N-methyl/N-ethyl adjacent to an activating group) is 1. The lowest BCUT2D eigenvalue weighted by atomic mass is 10.1. The van der Waals surface area contributed by atoms with Gasteiger partial charge >= 0.3 is 0 Å². The van der Waals surface area contributed by atoms with Gasteiger partial charge in [0.15, 0.2) is 0 Å². The number of amides is 1. The molecule has 1 fully saturated rings. The lowest BCUT2D eigenvalue weighted by molar-refractivity contribution is -0.117. The van der Waals surface area contributed by atoms with Gasteiger partial charge in [0.2, 0.25) is 5.91 Å². The number of hydrogen-bond donors (Lipinski definition) is 1. The van der Waals surface area contributed by atoms with E-state index < -0.39 is 0 Å². The summed E-state index contributed by atoms with van der Waals surface area (Å²) in [6, 6.07) is 8.49. The molecule has 1 aromatic carbocycles. The van der Waals surface area contributed by atoms with Gasteiger partial charge in [0.05, 0.1) is 18.7 Å². The van der Waals surface area contributed by atoms with Crippen molar-refractivity contribution >= 4 is 23.2 Å². The van der Waals surface area contributed by atoms with Crippen LogP contribution in [-0.4, -0.2) is 35.5 Å². The number of carbonyl (C=O) groups is 1. The summed E-state index contributed by atoms with van der Waals surface area (Å²) in [6.45, 7) is 2.84. The highest BCUT2D eigenvalue weighted by atomic mass is 16.2. The fraction of sp³-hybridized carbons (Fsp3) is 0.500. The van der Waals surface area contributed by atoms with Crippen molar-refractivity contribution < 1.29 is 4.79 Å². The zero-order chi connectivity index (χ0) is 19.5. The number of benzene rings is 1. The maximum absolute atomic E-state index is 13.0. The van der Waals surface area contributed by atoms with E-state index in [0.29, 0.717) is 19.1 Å². The van der Waals surface area contributed by atoms with Crippen LogP contribution in [0.2, 0.25) is 0 Å². The van der Waals surface area contributed by atoms with Crippen molar-refractivity contribution in [2.75, 3.05) is 28.7 Å². The van der Waals surface area contributed by atoms with Gasteiger partial charge in [-0.05, 0) is 31.4 Å². The fourth-order valence-corrected chi connectivity index (χ4v) is 4.31. The van der Waals surface area contributed by atoms with Gasteiger partial charge in [-0.3, -0.25) is 4.79 Å². The Morgan fingerprint density at radius 1 is 1.04 bits per heavy atom. The van der Waals surface area contributed by atoms with E-state index in [9.17, 15) is 4.79 Å². The smallest absolute Gasteiger partial charge is 0.246 e. The summed E-state index contributed by atoms with van der Waals surface area (Å²) >= 11 is 0. The number of para-hydroxylation sites is 1. The third-order valence-electron chi connectivity index (χ3n) is 5.88. The standard InChI is InChI=1S/C22H29N5O/c1-16-9-7-8-12-19(16)27-13-18-21(25-17-10-5-3-4-6-11-17)23-15-24-22(18)26(2)14-20(27)28/h7-9,12,15,17H,3-6,10-11,13-14H2,1-2H3,(H,23,24,25). The monoisotopic (exact) mass is 379 g/mol. The zero-order valence-corrected chi connectivity index (χ0v) is 16.8. The second-order valence-corrected chi connectivity index (χ2v) is 7.98. The Kier molecular flexibility index (Phi) is 5.46. The second kappa shape index (κ2) is 8.17. The fourth-order valence-electron chi connectivity index (χ4n) is 4.31. The Balaban J connectivity index is 1.69. The van der Waals surface area contributed by atoms with Crippen LogP contribution in [-0.2, 0) is 11.3 Å². The maximum atomic E-state index is 13.0. The number of aryl methyl sites for hydroxylation is 1. The van der Waals surface area contributed by atoms with Gasteiger partial charge in [-0.1, -0.05) is 43.9 Å². The summed E-state index contributed by atoms with van der Waals surface area (Å²) < 4.78 is 0. The molecule has 0 radical (unpaired) electrons. The molecule has 0 saturated heterocycles. The van der Waals surface area contributed by atoms with Gasteiger partial charge in [0.1, 0.15) is 18.0 Å². The Labute approximate surface area is 167 Å². The summed E-state index contributed by atoms with van der Waals surface area (Å²) in [6.07, 6.45) is 9.13. The van der Waals surface area contributed by atoms with Crippen molar-refractivity contribution in [3.63, 3.8) is 0 Å². The van der Waals surface area contributed by atoms with Crippen LogP contribution < -0.4 is 15.1 Å². The van der Waals surface area contributed by atoms with E-state index in [1.165, 1.54) is 38.5 Å². The van der Waals surface area contributed by atoms with Gasteiger partial charge in [0, 0.05) is 18.8 Å². The van der Waals surface area contributed by atoms with Crippen molar-refractivity contribution in [3.05, 3.63) is 41.7 Å².